The normalized spacial score (nSPS) is 27.2. The van der Waals surface area contributed by atoms with Crippen LogP contribution in [0.15, 0.2) is 42.6 Å². The number of aryl methyl sites for hydroxylation is 1. The van der Waals surface area contributed by atoms with Crippen molar-refractivity contribution in [1.82, 2.24) is 4.57 Å². The maximum atomic E-state index is 12.2. The number of ether oxygens (including phenoxy) is 1. The fourth-order valence-corrected chi connectivity index (χ4v) is 3.72. The zero-order valence-corrected chi connectivity index (χ0v) is 11.7. The largest absolute Gasteiger partial charge is 0.392 e. The molecule has 0 radical (unpaired) electrons. The number of cyclic esters (lactones) is 2. The van der Waals surface area contributed by atoms with Gasteiger partial charge in [-0.1, -0.05) is 30.3 Å². The molecule has 1 aliphatic carbocycles. The van der Waals surface area contributed by atoms with Crippen molar-refractivity contribution < 1.29 is 14.3 Å². The van der Waals surface area contributed by atoms with Crippen LogP contribution in [0.5, 0.6) is 0 Å². The van der Waals surface area contributed by atoms with Crippen molar-refractivity contribution in [3.8, 4) is 0 Å². The minimum atomic E-state index is -0.451. The highest BCUT2D eigenvalue weighted by molar-refractivity contribution is 6.00. The van der Waals surface area contributed by atoms with Crippen LogP contribution in [0.3, 0.4) is 0 Å². The number of hydrogen-bond donors (Lipinski definition) is 0. The molecule has 0 saturated carbocycles. The summed E-state index contributed by atoms with van der Waals surface area (Å²) in [5, 5.41) is 0. The summed E-state index contributed by atoms with van der Waals surface area (Å²) in [6.07, 6.45) is 2.71. The number of fused-ring (bicyclic) bond motifs is 3. The molecule has 1 aliphatic heterocycles. The molecule has 2 heterocycles. The van der Waals surface area contributed by atoms with Crippen LogP contribution >= 0.6 is 0 Å². The molecule has 2 aromatic rings. The first-order valence-corrected chi connectivity index (χ1v) is 7.11. The van der Waals surface area contributed by atoms with E-state index in [1.807, 2.05) is 54.2 Å². The average molecular weight is 281 g/mol. The molecule has 106 valence electrons. The third-order valence-electron chi connectivity index (χ3n) is 4.73. The summed E-state index contributed by atoms with van der Waals surface area (Å²) < 4.78 is 6.98. The molecule has 1 unspecified atom stereocenters. The highest BCUT2D eigenvalue weighted by Gasteiger charge is 2.53. The van der Waals surface area contributed by atoms with E-state index in [2.05, 4.69) is 0 Å². The third kappa shape index (κ3) is 1.68. The lowest BCUT2D eigenvalue weighted by Crippen LogP contribution is -2.30. The van der Waals surface area contributed by atoms with Crippen LogP contribution in [0.25, 0.3) is 0 Å². The van der Waals surface area contributed by atoms with Crippen molar-refractivity contribution in [1.29, 1.82) is 0 Å². The van der Waals surface area contributed by atoms with Gasteiger partial charge in [-0.2, -0.15) is 0 Å². The minimum absolute atomic E-state index is 0.00347. The van der Waals surface area contributed by atoms with Gasteiger partial charge in [0.25, 0.3) is 0 Å². The van der Waals surface area contributed by atoms with Gasteiger partial charge in [-0.25, -0.2) is 0 Å². The fraction of sp³-hybridized carbons (Fsp3) is 0.294. The first kappa shape index (κ1) is 12.4. The Hall–Kier alpha value is -2.36. The summed E-state index contributed by atoms with van der Waals surface area (Å²) in [5.74, 6) is -1.63. The van der Waals surface area contributed by atoms with Gasteiger partial charge in [0.15, 0.2) is 0 Å². The molecule has 1 saturated heterocycles. The summed E-state index contributed by atoms with van der Waals surface area (Å²) in [6, 6.07) is 11.9. The smallest absolute Gasteiger partial charge is 0.322 e. The molecule has 4 nitrogen and oxygen atoms in total. The molecule has 0 N–H and O–H groups in total. The fourth-order valence-electron chi connectivity index (χ4n) is 3.72. The number of benzene rings is 1. The Morgan fingerprint density at radius 3 is 2.62 bits per heavy atom. The summed E-state index contributed by atoms with van der Waals surface area (Å²) >= 11 is 0. The van der Waals surface area contributed by atoms with E-state index >= 15 is 0 Å². The molecule has 0 amide bonds. The topological polar surface area (TPSA) is 48.3 Å². The van der Waals surface area contributed by atoms with Crippen molar-refractivity contribution in [3.05, 3.63) is 59.4 Å². The van der Waals surface area contributed by atoms with E-state index in [0.717, 1.165) is 23.2 Å². The number of esters is 2. The monoisotopic (exact) mass is 281 g/mol. The van der Waals surface area contributed by atoms with Crippen LogP contribution in [0, 0.1) is 5.92 Å². The number of carbonyl (C=O) groups excluding carboxylic acids is 2. The molecule has 4 rings (SSSR count). The van der Waals surface area contributed by atoms with E-state index in [9.17, 15) is 9.59 Å². The zero-order chi connectivity index (χ0) is 14.6. The van der Waals surface area contributed by atoms with Crippen molar-refractivity contribution in [2.24, 2.45) is 13.0 Å². The van der Waals surface area contributed by atoms with E-state index in [1.165, 1.54) is 0 Å². The lowest BCUT2D eigenvalue weighted by Gasteiger charge is -2.30. The van der Waals surface area contributed by atoms with Gasteiger partial charge < -0.3 is 9.30 Å². The van der Waals surface area contributed by atoms with Crippen molar-refractivity contribution in [2.45, 2.75) is 18.3 Å². The van der Waals surface area contributed by atoms with Gasteiger partial charge in [0.1, 0.15) is 0 Å². The Labute approximate surface area is 122 Å². The quantitative estimate of drug-likeness (QED) is 0.594. The number of nitrogens with zero attached hydrogens (tertiary/aromatic N) is 1. The number of rotatable bonds is 1. The molecule has 4 heteroatoms. The van der Waals surface area contributed by atoms with E-state index in [4.69, 9.17) is 4.74 Å². The molecule has 3 atom stereocenters. The molecule has 1 fully saturated rings. The Morgan fingerprint density at radius 1 is 1.10 bits per heavy atom. The van der Waals surface area contributed by atoms with Gasteiger partial charge in [-0.3, -0.25) is 9.59 Å². The second kappa shape index (κ2) is 4.32. The lowest BCUT2D eigenvalue weighted by molar-refractivity contribution is -0.153. The number of carbonyl (C=O) groups is 2. The first-order chi connectivity index (χ1) is 10.2. The zero-order valence-electron chi connectivity index (χ0n) is 11.7. The van der Waals surface area contributed by atoms with E-state index in [1.54, 1.807) is 0 Å². The number of aromatic nitrogens is 1. The average Bonchev–Trinajstić information content (AvgIpc) is 3.00. The van der Waals surface area contributed by atoms with Crippen LogP contribution in [-0.4, -0.2) is 16.5 Å². The van der Waals surface area contributed by atoms with E-state index in [-0.39, 0.29) is 11.9 Å². The van der Waals surface area contributed by atoms with Gasteiger partial charge in [0.05, 0.1) is 11.8 Å². The minimum Gasteiger partial charge on any atom is -0.392 e. The molecule has 0 spiro atoms. The maximum Gasteiger partial charge on any atom is 0.322 e. The molecule has 2 aliphatic rings. The number of hydrogen-bond acceptors (Lipinski definition) is 3. The highest BCUT2D eigenvalue weighted by atomic mass is 16.6. The van der Waals surface area contributed by atoms with Crippen LogP contribution in [-0.2, 0) is 27.8 Å². The predicted octanol–water partition coefficient (Wildman–Crippen LogP) is 2.15. The molecule has 1 aromatic carbocycles. The molecular weight excluding hydrogens is 266 g/mol. The van der Waals surface area contributed by atoms with Gasteiger partial charge in [-0.05, 0) is 23.6 Å². The highest BCUT2D eigenvalue weighted by Crippen LogP contribution is 2.48. The van der Waals surface area contributed by atoms with E-state index in [0.29, 0.717) is 0 Å². The Balaban J connectivity index is 1.88. The molecular formula is C17H15NO3. The van der Waals surface area contributed by atoms with Crippen LogP contribution in [0.2, 0.25) is 0 Å². The second-order valence-corrected chi connectivity index (χ2v) is 5.79. The van der Waals surface area contributed by atoms with Gasteiger partial charge in [0.2, 0.25) is 0 Å². The van der Waals surface area contributed by atoms with Crippen molar-refractivity contribution in [3.63, 3.8) is 0 Å². The van der Waals surface area contributed by atoms with Crippen LogP contribution < -0.4 is 0 Å². The van der Waals surface area contributed by atoms with Gasteiger partial charge in [0, 0.05) is 24.9 Å². The molecule has 21 heavy (non-hydrogen) atoms. The molecule has 1 aromatic heterocycles. The maximum absolute atomic E-state index is 12.2. The second-order valence-electron chi connectivity index (χ2n) is 5.79. The summed E-state index contributed by atoms with van der Waals surface area (Å²) in [7, 11) is 1.98. The van der Waals surface area contributed by atoms with Crippen LogP contribution in [0.1, 0.15) is 28.7 Å². The first-order valence-electron chi connectivity index (χ1n) is 7.11. The summed E-state index contributed by atoms with van der Waals surface area (Å²) in [4.78, 5) is 24.3. The SMILES string of the molecule is Cn1ccc2c1CC(c1ccccc1)[C@H]1C(=O)OC(=O)[C@@H]21. The Morgan fingerprint density at radius 2 is 1.86 bits per heavy atom. The Bertz CT molecular complexity index is 732. The Kier molecular flexibility index (Phi) is 2.55. The van der Waals surface area contributed by atoms with E-state index < -0.39 is 17.8 Å². The van der Waals surface area contributed by atoms with Crippen molar-refractivity contribution >= 4 is 11.9 Å². The third-order valence-corrected chi connectivity index (χ3v) is 4.73. The standard InChI is InChI=1S/C17H15NO3/c1-18-8-7-11-13(18)9-12(10-5-3-2-4-6-10)15-14(11)16(19)21-17(15)20/h2-8,12,14-15H,9H2,1H3/t12?,14-,15+/m0/s1. The van der Waals surface area contributed by atoms with Crippen LogP contribution in [0.4, 0.5) is 0 Å². The molecule has 0 bridgehead atoms. The summed E-state index contributed by atoms with van der Waals surface area (Å²) in [6.45, 7) is 0. The van der Waals surface area contributed by atoms with Crippen molar-refractivity contribution in [2.75, 3.05) is 0 Å². The lowest BCUT2D eigenvalue weighted by atomic mass is 9.69. The van der Waals surface area contributed by atoms with Gasteiger partial charge in [-0.15, -0.1) is 0 Å². The predicted molar refractivity (Wildman–Crippen MR) is 75.6 cm³/mol. The van der Waals surface area contributed by atoms with Gasteiger partial charge >= 0.3 is 11.9 Å². The summed E-state index contributed by atoms with van der Waals surface area (Å²) in [5.41, 5.74) is 3.16.